The number of rotatable bonds is 0. The molecule has 0 amide bonds. The minimum Gasteiger partial charge on any atom is -0.0625 e. The van der Waals surface area contributed by atoms with E-state index in [4.69, 9.17) is 0 Å². The molecule has 0 N–H and O–H groups in total. The second kappa shape index (κ2) is 3.40. The van der Waals surface area contributed by atoms with Gasteiger partial charge < -0.3 is 0 Å². The highest BCUT2D eigenvalue weighted by Gasteiger charge is 2.34. The Hall–Kier alpha value is 0. The summed E-state index contributed by atoms with van der Waals surface area (Å²) in [6.07, 6.45) is 9.14. The van der Waals surface area contributed by atoms with Crippen LogP contribution in [0.5, 0.6) is 0 Å². The Bertz CT molecular complexity index is 150. The SMILES string of the molecule is CC1CCC2CCCC(C)C2C1. The van der Waals surface area contributed by atoms with E-state index in [1.165, 1.54) is 32.1 Å². The number of hydrogen-bond acceptors (Lipinski definition) is 0. The fourth-order valence-corrected chi connectivity index (χ4v) is 3.46. The zero-order valence-electron chi connectivity index (χ0n) is 8.55. The van der Waals surface area contributed by atoms with Crippen LogP contribution in [-0.4, -0.2) is 0 Å². The van der Waals surface area contributed by atoms with Gasteiger partial charge in [-0.1, -0.05) is 39.5 Å². The van der Waals surface area contributed by atoms with Gasteiger partial charge in [0.15, 0.2) is 0 Å². The Balaban J connectivity index is 2.00. The van der Waals surface area contributed by atoms with E-state index in [-0.39, 0.29) is 0 Å². The van der Waals surface area contributed by atoms with E-state index in [9.17, 15) is 0 Å². The quantitative estimate of drug-likeness (QED) is 0.512. The molecule has 0 spiro atoms. The Morgan fingerprint density at radius 1 is 0.917 bits per heavy atom. The molecule has 0 radical (unpaired) electrons. The first-order valence-corrected chi connectivity index (χ1v) is 5.77. The van der Waals surface area contributed by atoms with Gasteiger partial charge in [-0.15, -0.1) is 0 Å². The van der Waals surface area contributed by atoms with Crippen LogP contribution in [0.4, 0.5) is 0 Å². The normalized spacial score (nSPS) is 48.5. The summed E-state index contributed by atoms with van der Waals surface area (Å²) in [5.74, 6) is 4.27. The average molecular weight is 166 g/mol. The summed E-state index contributed by atoms with van der Waals surface area (Å²) in [4.78, 5) is 0. The molecule has 4 unspecified atom stereocenters. The molecule has 2 saturated carbocycles. The van der Waals surface area contributed by atoms with E-state index >= 15 is 0 Å². The lowest BCUT2D eigenvalue weighted by Crippen LogP contribution is -2.32. The lowest BCUT2D eigenvalue weighted by atomic mass is 9.64. The monoisotopic (exact) mass is 166 g/mol. The first-order valence-electron chi connectivity index (χ1n) is 5.77. The van der Waals surface area contributed by atoms with E-state index in [0.717, 1.165) is 23.7 Å². The van der Waals surface area contributed by atoms with Crippen LogP contribution in [0.2, 0.25) is 0 Å². The maximum Gasteiger partial charge on any atom is -0.0358 e. The molecule has 0 heteroatoms. The lowest BCUT2D eigenvalue weighted by Gasteiger charge is -2.42. The van der Waals surface area contributed by atoms with Gasteiger partial charge in [0.2, 0.25) is 0 Å². The maximum absolute atomic E-state index is 2.48. The van der Waals surface area contributed by atoms with Gasteiger partial charge in [0.1, 0.15) is 0 Å². The van der Waals surface area contributed by atoms with Crippen LogP contribution in [0.15, 0.2) is 0 Å². The topological polar surface area (TPSA) is 0 Å². The van der Waals surface area contributed by atoms with Gasteiger partial charge in [-0.2, -0.15) is 0 Å². The average Bonchev–Trinajstić information content (AvgIpc) is 2.07. The molecule has 2 aliphatic rings. The molecule has 0 aromatic carbocycles. The molecule has 12 heavy (non-hydrogen) atoms. The Morgan fingerprint density at radius 2 is 1.75 bits per heavy atom. The van der Waals surface area contributed by atoms with Crippen molar-refractivity contribution in [1.29, 1.82) is 0 Å². The molecule has 2 rings (SSSR count). The standard InChI is InChI=1S/C12H22/c1-9-6-7-11-5-3-4-10(2)12(11)8-9/h9-12H,3-8H2,1-2H3. The summed E-state index contributed by atoms with van der Waals surface area (Å²) in [5, 5.41) is 0. The van der Waals surface area contributed by atoms with Crippen LogP contribution < -0.4 is 0 Å². The van der Waals surface area contributed by atoms with Crippen LogP contribution in [0.25, 0.3) is 0 Å². The summed E-state index contributed by atoms with van der Waals surface area (Å²) in [7, 11) is 0. The fourth-order valence-electron chi connectivity index (χ4n) is 3.46. The lowest BCUT2D eigenvalue weighted by molar-refractivity contribution is 0.0880. The van der Waals surface area contributed by atoms with E-state index in [1.54, 1.807) is 6.42 Å². The van der Waals surface area contributed by atoms with Crippen molar-refractivity contribution in [3.63, 3.8) is 0 Å². The summed E-state index contributed by atoms with van der Waals surface area (Å²) >= 11 is 0. The molecule has 2 aliphatic carbocycles. The highest BCUT2D eigenvalue weighted by molar-refractivity contribution is 4.85. The van der Waals surface area contributed by atoms with E-state index in [1.807, 2.05) is 0 Å². The predicted octanol–water partition coefficient (Wildman–Crippen LogP) is 3.86. The third-order valence-electron chi connectivity index (χ3n) is 4.28. The second-order valence-corrected chi connectivity index (χ2v) is 5.25. The highest BCUT2D eigenvalue weighted by Crippen LogP contribution is 2.45. The molecule has 0 nitrogen and oxygen atoms in total. The summed E-state index contributed by atoms with van der Waals surface area (Å²) < 4.78 is 0. The number of hydrogen-bond donors (Lipinski definition) is 0. The smallest absolute Gasteiger partial charge is 0.0358 e. The van der Waals surface area contributed by atoms with Gasteiger partial charge >= 0.3 is 0 Å². The van der Waals surface area contributed by atoms with Crippen molar-refractivity contribution in [3.8, 4) is 0 Å². The van der Waals surface area contributed by atoms with Gasteiger partial charge in [0, 0.05) is 0 Å². The first kappa shape index (κ1) is 8.59. The van der Waals surface area contributed by atoms with Gasteiger partial charge in [0.25, 0.3) is 0 Å². The minimum absolute atomic E-state index is 1.02. The zero-order valence-corrected chi connectivity index (χ0v) is 8.55. The third kappa shape index (κ3) is 1.53. The summed E-state index contributed by atoms with van der Waals surface area (Å²) in [5.41, 5.74) is 0. The van der Waals surface area contributed by atoms with Crippen LogP contribution in [0.3, 0.4) is 0 Å². The van der Waals surface area contributed by atoms with Crippen molar-refractivity contribution in [2.75, 3.05) is 0 Å². The first-order chi connectivity index (χ1) is 5.77. The molecule has 2 fully saturated rings. The molecule has 0 aromatic rings. The molecule has 0 bridgehead atoms. The summed E-state index contributed by atoms with van der Waals surface area (Å²) in [6.45, 7) is 4.92. The molecule has 0 aliphatic heterocycles. The Morgan fingerprint density at radius 3 is 2.58 bits per heavy atom. The molecule has 0 saturated heterocycles. The van der Waals surface area contributed by atoms with Gasteiger partial charge in [-0.05, 0) is 36.5 Å². The molecule has 0 heterocycles. The minimum atomic E-state index is 1.02. The van der Waals surface area contributed by atoms with E-state index in [0.29, 0.717) is 0 Å². The van der Waals surface area contributed by atoms with Crippen LogP contribution >= 0.6 is 0 Å². The van der Waals surface area contributed by atoms with Crippen LogP contribution in [-0.2, 0) is 0 Å². The second-order valence-electron chi connectivity index (χ2n) is 5.25. The van der Waals surface area contributed by atoms with Crippen LogP contribution in [0, 0.1) is 23.7 Å². The van der Waals surface area contributed by atoms with E-state index in [2.05, 4.69) is 13.8 Å². The zero-order chi connectivity index (χ0) is 8.55. The maximum atomic E-state index is 2.48. The Kier molecular flexibility index (Phi) is 2.43. The van der Waals surface area contributed by atoms with E-state index < -0.39 is 0 Å². The van der Waals surface area contributed by atoms with Gasteiger partial charge in [-0.25, -0.2) is 0 Å². The predicted molar refractivity (Wildman–Crippen MR) is 53.0 cm³/mol. The highest BCUT2D eigenvalue weighted by atomic mass is 14.4. The summed E-state index contributed by atoms with van der Waals surface area (Å²) in [6, 6.07) is 0. The third-order valence-corrected chi connectivity index (χ3v) is 4.28. The van der Waals surface area contributed by atoms with Crippen molar-refractivity contribution < 1.29 is 0 Å². The van der Waals surface area contributed by atoms with Crippen molar-refractivity contribution >= 4 is 0 Å². The molecular formula is C12H22. The molecular weight excluding hydrogens is 144 g/mol. The van der Waals surface area contributed by atoms with Crippen molar-refractivity contribution in [1.82, 2.24) is 0 Å². The van der Waals surface area contributed by atoms with Crippen molar-refractivity contribution in [2.45, 2.75) is 52.4 Å². The van der Waals surface area contributed by atoms with Crippen molar-refractivity contribution in [2.24, 2.45) is 23.7 Å². The molecule has 4 atom stereocenters. The van der Waals surface area contributed by atoms with Gasteiger partial charge in [-0.3, -0.25) is 0 Å². The molecule has 0 aromatic heterocycles. The van der Waals surface area contributed by atoms with Gasteiger partial charge in [0.05, 0.1) is 0 Å². The van der Waals surface area contributed by atoms with Crippen molar-refractivity contribution in [3.05, 3.63) is 0 Å². The molecule has 70 valence electrons. The Labute approximate surface area is 76.7 Å². The number of fused-ring (bicyclic) bond motifs is 1. The largest absolute Gasteiger partial charge is 0.0625 e. The van der Waals surface area contributed by atoms with Crippen LogP contribution in [0.1, 0.15) is 52.4 Å². The fraction of sp³-hybridized carbons (Fsp3) is 1.00.